The Hall–Kier alpha value is -0.150. The second kappa shape index (κ2) is 3.50. The Labute approximate surface area is 67.3 Å². The number of ether oxygens (including phenoxy) is 1. The van der Waals surface area contributed by atoms with E-state index in [2.05, 4.69) is 0 Å². The second-order valence-corrected chi connectivity index (χ2v) is 3.22. The molecule has 1 saturated heterocycles. The highest BCUT2D eigenvalue weighted by molar-refractivity contribution is 4.89. The van der Waals surface area contributed by atoms with Crippen molar-refractivity contribution in [1.29, 1.82) is 0 Å². The quantitative estimate of drug-likeness (QED) is 0.600. The number of nitrogens with zero attached hydrogens (tertiary/aromatic N) is 1. The largest absolute Gasteiger partial charge is 0.380 e. The van der Waals surface area contributed by atoms with E-state index in [4.69, 9.17) is 4.74 Å². The highest BCUT2D eigenvalue weighted by atomic mass is 19.1. The fourth-order valence-electron chi connectivity index (χ4n) is 1.71. The zero-order valence-electron chi connectivity index (χ0n) is 7.38. The highest BCUT2D eigenvalue weighted by Crippen LogP contribution is 2.22. The lowest BCUT2D eigenvalue weighted by atomic mass is 10.1. The Bertz CT molecular complexity index is 121. The van der Waals surface area contributed by atoms with Crippen molar-refractivity contribution in [3.63, 3.8) is 0 Å². The lowest BCUT2D eigenvalue weighted by Gasteiger charge is -2.26. The van der Waals surface area contributed by atoms with Crippen LogP contribution in [0.2, 0.25) is 0 Å². The first-order chi connectivity index (χ1) is 5.16. The van der Waals surface area contributed by atoms with Crippen LogP contribution < -0.4 is 0 Å². The van der Waals surface area contributed by atoms with Gasteiger partial charge in [0.1, 0.15) is 6.17 Å². The molecule has 0 saturated carbocycles. The molecule has 0 aromatic rings. The summed E-state index contributed by atoms with van der Waals surface area (Å²) in [5.41, 5.74) is 0. The molecular weight excluding hydrogens is 145 g/mol. The van der Waals surface area contributed by atoms with Crippen molar-refractivity contribution in [2.45, 2.75) is 31.7 Å². The molecule has 1 heterocycles. The number of methoxy groups -OCH3 is 1. The molecule has 3 heteroatoms. The monoisotopic (exact) mass is 161 g/mol. The summed E-state index contributed by atoms with van der Waals surface area (Å²) in [7, 11) is 3.57. The average Bonchev–Trinajstić information content (AvgIpc) is 2.30. The molecule has 0 aromatic carbocycles. The van der Waals surface area contributed by atoms with Crippen molar-refractivity contribution in [2.75, 3.05) is 20.7 Å². The molecule has 0 aromatic heterocycles. The van der Waals surface area contributed by atoms with E-state index in [9.17, 15) is 4.39 Å². The molecule has 1 rings (SSSR count). The molecule has 1 fully saturated rings. The number of alkyl halides is 1. The number of halogens is 1. The Kier molecular flexibility index (Phi) is 2.84. The van der Waals surface area contributed by atoms with E-state index in [-0.39, 0.29) is 12.1 Å². The topological polar surface area (TPSA) is 12.5 Å². The Morgan fingerprint density at radius 1 is 1.64 bits per heavy atom. The normalized spacial score (nSPS) is 36.0. The first kappa shape index (κ1) is 8.94. The highest BCUT2D eigenvalue weighted by Gasteiger charge is 2.35. The molecule has 0 bridgehead atoms. The number of hydrogen-bond acceptors (Lipinski definition) is 2. The van der Waals surface area contributed by atoms with Crippen molar-refractivity contribution in [2.24, 2.45) is 0 Å². The summed E-state index contributed by atoms with van der Waals surface area (Å²) in [6.45, 7) is 2.76. The van der Waals surface area contributed by atoms with Crippen LogP contribution in [0.5, 0.6) is 0 Å². The Morgan fingerprint density at radius 3 is 2.64 bits per heavy atom. The van der Waals surface area contributed by atoms with Crippen molar-refractivity contribution in [1.82, 2.24) is 4.90 Å². The predicted molar refractivity (Wildman–Crippen MR) is 42.4 cm³/mol. The fourth-order valence-corrected chi connectivity index (χ4v) is 1.71. The number of rotatable bonds is 2. The van der Waals surface area contributed by atoms with E-state index >= 15 is 0 Å². The zero-order chi connectivity index (χ0) is 8.43. The first-order valence-corrected chi connectivity index (χ1v) is 4.04. The molecule has 0 radical (unpaired) electrons. The maximum atomic E-state index is 13.2. The van der Waals surface area contributed by atoms with E-state index in [1.54, 1.807) is 7.11 Å². The van der Waals surface area contributed by atoms with Gasteiger partial charge in [-0.2, -0.15) is 0 Å². The standard InChI is InChI=1S/C8H16FNO/c1-6(11-3)8-7(9)4-5-10(8)2/h6-8H,4-5H2,1-3H3/t6?,7-,8?/m0/s1. The fraction of sp³-hybridized carbons (Fsp3) is 1.00. The molecule has 0 N–H and O–H groups in total. The van der Waals surface area contributed by atoms with Gasteiger partial charge < -0.3 is 4.74 Å². The van der Waals surface area contributed by atoms with Crippen LogP contribution in [0.4, 0.5) is 4.39 Å². The van der Waals surface area contributed by atoms with E-state index in [0.717, 1.165) is 6.54 Å². The number of hydrogen-bond donors (Lipinski definition) is 0. The summed E-state index contributed by atoms with van der Waals surface area (Å²) in [6.07, 6.45) is -0.0676. The van der Waals surface area contributed by atoms with Crippen LogP contribution in [0.25, 0.3) is 0 Å². The maximum absolute atomic E-state index is 13.2. The van der Waals surface area contributed by atoms with Crippen LogP contribution in [0, 0.1) is 0 Å². The summed E-state index contributed by atoms with van der Waals surface area (Å²) < 4.78 is 18.2. The minimum atomic E-state index is -0.713. The minimum Gasteiger partial charge on any atom is -0.380 e. The molecule has 1 aliphatic rings. The molecular formula is C8H16FNO. The van der Waals surface area contributed by atoms with Gasteiger partial charge in [0.05, 0.1) is 12.1 Å². The van der Waals surface area contributed by atoms with Gasteiger partial charge in [0.15, 0.2) is 0 Å². The van der Waals surface area contributed by atoms with Crippen molar-refractivity contribution in [3.05, 3.63) is 0 Å². The second-order valence-electron chi connectivity index (χ2n) is 3.22. The van der Waals surface area contributed by atoms with Crippen molar-refractivity contribution < 1.29 is 9.13 Å². The minimum absolute atomic E-state index is 0.00231. The van der Waals surface area contributed by atoms with Crippen molar-refractivity contribution in [3.8, 4) is 0 Å². The van der Waals surface area contributed by atoms with Crippen LogP contribution in [-0.2, 0) is 4.74 Å². The molecule has 2 nitrogen and oxygen atoms in total. The molecule has 11 heavy (non-hydrogen) atoms. The average molecular weight is 161 g/mol. The van der Waals surface area contributed by atoms with Crippen LogP contribution in [0.1, 0.15) is 13.3 Å². The number of likely N-dealkylation sites (N-methyl/N-ethyl adjacent to an activating group) is 1. The summed E-state index contributed by atoms with van der Waals surface area (Å²) >= 11 is 0. The van der Waals surface area contributed by atoms with Gasteiger partial charge >= 0.3 is 0 Å². The molecule has 0 spiro atoms. The van der Waals surface area contributed by atoms with Crippen LogP contribution in [0.3, 0.4) is 0 Å². The molecule has 1 aliphatic heterocycles. The molecule has 2 unspecified atom stereocenters. The van der Waals surface area contributed by atoms with Crippen molar-refractivity contribution >= 4 is 0 Å². The van der Waals surface area contributed by atoms with Gasteiger partial charge in [0.2, 0.25) is 0 Å². The van der Waals surface area contributed by atoms with Gasteiger partial charge in [-0.05, 0) is 20.4 Å². The van der Waals surface area contributed by atoms with Crippen LogP contribution in [-0.4, -0.2) is 43.9 Å². The van der Waals surface area contributed by atoms with Gasteiger partial charge in [0, 0.05) is 13.7 Å². The Morgan fingerprint density at radius 2 is 2.27 bits per heavy atom. The molecule has 0 aliphatic carbocycles. The smallest absolute Gasteiger partial charge is 0.119 e. The molecule has 66 valence electrons. The van der Waals surface area contributed by atoms with E-state index in [1.165, 1.54) is 0 Å². The lowest BCUT2D eigenvalue weighted by Crippen LogP contribution is -2.40. The van der Waals surface area contributed by atoms with Gasteiger partial charge in [-0.25, -0.2) is 4.39 Å². The van der Waals surface area contributed by atoms with E-state index in [1.807, 2.05) is 18.9 Å². The molecule has 0 amide bonds. The summed E-state index contributed by atoms with van der Waals surface area (Å²) in [5.74, 6) is 0. The van der Waals surface area contributed by atoms with Crippen LogP contribution >= 0.6 is 0 Å². The van der Waals surface area contributed by atoms with Gasteiger partial charge in [-0.1, -0.05) is 0 Å². The zero-order valence-corrected chi connectivity index (χ0v) is 7.38. The molecule has 3 atom stereocenters. The third kappa shape index (κ3) is 1.71. The number of likely N-dealkylation sites (tertiary alicyclic amines) is 1. The van der Waals surface area contributed by atoms with E-state index in [0.29, 0.717) is 6.42 Å². The lowest BCUT2D eigenvalue weighted by molar-refractivity contribution is 0.0291. The van der Waals surface area contributed by atoms with Gasteiger partial charge in [0.25, 0.3) is 0 Å². The summed E-state index contributed by atoms with van der Waals surface area (Å²) in [6, 6.07) is -0.0417. The van der Waals surface area contributed by atoms with Gasteiger partial charge in [-0.3, -0.25) is 4.90 Å². The third-order valence-corrected chi connectivity index (χ3v) is 2.49. The van der Waals surface area contributed by atoms with E-state index < -0.39 is 6.17 Å². The van der Waals surface area contributed by atoms with Crippen LogP contribution in [0.15, 0.2) is 0 Å². The predicted octanol–water partition coefficient (Wildman–Crippen LogP) is 1.06. The summed E-state index contributed by atoms with van der Waals surface area (Å²) in [4.78, 5) is 2.03. The SMILES string of the molecule is COC(C)C1[C@@H](F)CCN1C. The first-order valence-electron chi connectivity index (χ1n) is 4.04. The third-order valence-electron chi connectivity index (χ3n) is 2.49. The maximum Gasteiger partial charge on any atom is 0.119 e. The Balaban J connectivity index is 2.53. The summed E-state index contributed by atoms with van der Waals surface area (Å²) in [5, 5.41) is 0. The van der Waals surface area contributed by atoms with Gasteiger partial charge in [-0.15, -0.1) is 0 Å².